The summed E-state index contributed by atoms with van der Waals surface area (Å²) < 4.78 is 0. The largest absolute Gasteiger partial charge is 0.505 e. The summed E-state index contributed by atoms with van der Waals surface area (Å²) in [7, 11) is 0. The average Bonchev–Trinajstić information content (AvgIpc) is 1.77. The van der Waals surface area contributed by atoms with Crippen LogP contribution in [0.4, 0.5) is 0 Å². The van der Waals surface area contributed by atoms with E-state index in [1.165, 1.54) is 12.3 Å². The van der Waals surface area contributed by atoms with Crippen LogP contribution in [0.5, 0.6) is 5.75 Å². The van der Waals surface area contributed by atoms with Crippen molar-refractivity contribution in [1.82, 2.24) is 4.98 Å². The smallest absolute Gasteiger partial charge is 0.152 e. The Labute approximate surface area is 51.7 Å². The Morgan fingerprint density at radius 2 is 2.50 bits per heavy atom. The molecule has 1 radical (unpaired) electrons. The van der Waals surface area contributed by atoms with E-state index in [0.29, 0.717) is 0 Å². The van der Waals surface area contributed by atoms with Crippen LogP contribution >= 0.6 is 11.6 Å². The SMILES string of the molecule is Oc1cn[c]cc1Cl. The summed E-state index contributed by atoms with van der Waals surface area (Å²) in [4.78, 5) is 3.49. The first kappa shape index (κ1) is 5.38. The van der Waals surface area contributed by atoms with Crippen LogP contribution in [0.1, 0.15) is 0 Å². The van der Waals surface area contributed by atoms with E-state index in [2.05, 4.69) is 11.2 Å². The highest BCUT2D eigenvalue weighted by molar-refractivity contribution is 6.31. The number of aromatic nitrogens is 1. The van der Waals surface area contributed by atoms with Gasteiger partial charge in [0.2, 0.25) is 0 Å². The lowest BCUT2D eigenvalue weighted by Crippen LogP contribution is -1.69. The summed E-state index contributed by atoms with van der Waals surface area (Å²) in [6.45, 7) is 0. The molecule has 0 aliphatic heterocycles. The topological polar surface area (TPSA) is 33.1 Å². The van der Waals surface area contributed by atoms with Gasteiger partial charge in [0.15, 0.2) is 5.75 Å². The van der Waals surface area contributed by atoms with Crippen molar-refractivity contribution in [3.63, 3.8) is 0 Å². The Balaban J connectivity index is 3.13. The molecule has 3 heteroatoms. The van der Waals surface area contributed by atoms with E-state index < -0.39 is 0 Å². The summed E-state index contributed by atoms with van der Waals surface area (Å²) in [5, 5.41) is 8.98. The Hall–Kier alpha value is -0.760. The Morgan fingerprint density at radius 3 is 2.88 bits per heavy atom. The zero-order chi connectivity index (χ0) is 5.98. The highest BCUT2D eigenvalue weighted by Gasteiger charge is 1.91. The van der Waals surface area contributed by atoms with Crippen molar-refractivity contribution in [3.8, 4) is 5.75 Å². The number of hydrogen-bond donors (Lipinski definition) is 1. The van der Waals surface area contributed by atoms with Crippen molar-refractivity contribution >= 4 is 11.6 Å². The minimum atomic E-state index is -0.00887. The molecular formula is C5H3ClNO. The lowest BCUT2D eigenvalue weighted by Gasteiger charge is -1.88. The Kier molecular flexibility index (Phi) is 1.35. The van der Waals surface area contributed by atoms with Gasteiger partial charge >= 0.3 is 0 Å². The lowest BCUT2D eigenvalue weighted by molar-refractivity contribution is 0.473. The number of aromatic hydroxyl groups is 1. The van der Waals surface area contributed by atoms with Crippen LogP contribution in [0.2, 0.25) is 5.02 Å². The van der Waals surface area contributed by atoms with Crippen LogP contribution in [0.15, 0.2) is 12.3 Å². The first-order chi connectivity index (χ1) is 3.80. The zero-order valence-electron chi connectivity index (χ0n) is 3.93. The normalized spacial score (nSPS) is 9.12. The van der Waals surface area contributed by atoms with Crippen LogP contribution in [0.3, 0.4) is 0 Å². The van der Waals surface area contributed by atoms with Gasteiger partial charge in [0.05, 0.1) is 17.4 Å². The molecule has 41 valence electrons. The monoisotopic (exact) mass is 128 g/mol. The van der Waals surface area contributed by atoms with Gasteiger partial charge in [0.1, 0.15) is 0 Å². The maximum absolute atomic E-state index is 8.70. The van der Waals surface area contributed by atoms with Crippen molar-refractivity contribution in [2.24, 2.45) is 0 Å². The summed E-state index contributed by atoms with van der Waals surface area (Å²) in [6.07, 6.45) is 3.70. The first-order valence-electron chi connectivity index (χ1n) is 2.01. The zero-order valence-corrected chi connectivity index (χ0v) is 4.68. The number of pyridine rings is 1. The van der Waals surface area contributed by atoms with Gasteiger partial charge < -0.3 is 5.11 Å². The number of halogens is 1. The van der Waals surface area contributed by atoms with Crippen LogP contribution in [0.25, 0.3) is 0 Å². The van der Waals surface area contributed by atoms with Gasteiger partial charge in [-0.05, 0) is 6.07 Å². The molecule has 0 fully saturated rings. The highest BCUT2D eigenvalue weighted by atomic mass is 35.5. The Morgan fingerprint density at radius 1 is 1.75 bits per heavy atom. The van der Waals surface area contributed by atoms with Crippen LogP contribution in [-0.2, 0) is 0 Å². The van der Waals surface area contributed by atoms with E-state index >= 15 is 0 Å². The molecule has 0 unspecified atom stereocenters. The van der Waals surface area contributed by atoms with Gasteiger partial charge in [-0.1, -0.05) is 11.6 Å². The van der Waals surface area contributed by atoms with E-state index in [-0.39, 0.29) is 10.8 Å². The molecule has 0 saturated heterocycles. The summed E-state index contributed by atoms with van der Waals surface area (Å²) in [6, 6.07) is 1.40. The van der Waals surface area contributed by atoms with E-state index in [9.17, 15) is 0 Å². The highest BCUT2D eigenvalue weighted by Crippen LogP contribution is 2.18. The second-order valence-electron chi connectivity index (χ2n) is 1.26. The van der Waals surface area contributed by atoms with Crippen molar-refractivity contribution in [1.29, 1.82) is 0 Å². The van der Waals surface area contributed by atoms with Crippen molar-refractivity contribution in [2.75, 3.05) is 0 Å². The molecule has 0 saturated carbocycles. The van der Waals surface area contributed by atoms with Gasteiger partial charge in [-0.15, -0.1) is 0 Å². The minimum Gasteiger partial charge on any atom is -0.505 e. The second-order valence-corrected chi connectivity index (χ2v) is 1.67. The molecule has 1 rings (SSSR count). The number of rotatable bonds is 0. The van der Waals surface area contributed by atoms with Gasteiger partial charge in [0.25, 0.3) is 0 Å². The van der Waals surface area contributed by atoms with Gasteiger partial charge in [-0.3, -0.25) is 4.98 Å². The first-order valence-corrected chi connectivity index (χ1v) is 2.39. The fourth-order valence-corrected chi connectivity index (χ4v) is 0.426. The standard InChI is InChI=1S/C5H3ClNO/c6-4-1-2-7-3-5(4)8/h1,3,8H. The maximum atomic E-state index is 8.70. The molecule has 1 aromatic rings. The number of nitrogens with zero attached hydrogens (tertiary/aromatic N) is 1. The molecule has 0 bridgehead atoms. The third kappa shape index (κ3) is 0.898. The van der Waals surface area contributed by atoms with Gasteiger partial charge in [-0.25, -0.2) is 0 Å². The molecule has 8 heavy (non-hydrogen) atoms. The van der Waals surface area contributed by atoms with Gasteiger partial charge in [0, 0.05) is 0 Å². The Bertz CT molecular complexity index is 169. The molecule has 2 nitrogen and oxygen atoms in total. The van der Waals surface area contributed by atoms with Crippen LogP contribution < -0.4 is 0 Å². The molecule has 0 aliphatic carbocycles. The predicted molar refractivity (Wildman–Crippen MR) is 29.7 cm³/mol. The molecule has 1 aromatic heterocycles. The van der Waals surface area contributed by atoms with Gasteiger partial charge in [-0.2, -0.15) is 0 Å². The average molecular weight is 129 g/mol. The lowest BCUT2D eigenvalue weighted by atomic mass is 10.5. The van der Waals surface area contributed by atoms with E-state index in [4.69, 9.17) is 16.7 Å². The van der Waals surface area contributed by atoms with Crippen molar-refractivity contribution in [3.05, 3.63) is 23.5 Å². The van der Waals surface area contributed by atoms with Crippen LogP contribution in [-0.4, -0.2) is 10.1 Å². The molecule has 0 spiro atoms. The van der Waals surface area contributed by atoms with E-state index in [0.717, 1.165) is 0 Å². The fraction of sp³-hybridized carbons (Fsp3) is 0. The quantitative estimate of drug-likeness (QED) is 0.570. The minimum absolute atomic E-state index is 0.00887. The number of hydrogen-bond acceptors (Lipinski definition) is 2. The molecule has 1 N–H and O–H groups in total. The van der Waals surface area contributed by atoms with Crippen molar-refractivity contribution < 1.29 is 5.11 Å². The fourth-order valence-electron chi connectivity index (χ4n) is 0.328. The van der Waals surface area contributed by atoms with E-state index in [1.54, 1.807) is 0 Å². The molecule has 1 heterocycles. The second kappa shape index (κ2) is 2.01. The molecule has 0 amide bonds. The summed E-state index contributed by atoms with van der Waals surface area (Å²) in [5.74, 6) is -0.00887. The molecule has 0 atom stereocenters. The summed E-state index contributed by atoms with van der Waals surface area (Å²) >= 11 is 5.39. The molecule has 0 aliphatic rings. The molecule has 0 aromatic carbocycles. The third-order valence-corrected chi connectivity index (χ3v) is 1.00. The predicted octanol–water partition coefficient (Wildman–Crippen LogP) is 1.24. The molecular weight excluding hydrogens is 126 g/mol. The summed E-state index contributed by atoms with van der Waals surface area (Å²) in [5.41, 5.74) is 0. The maximum Gasteiger partial charge on any atom is 0.152 e. The third-order valence-electron chi connectivity index (χ3n) is 0.697. The van der Waals surface area contributed by atoms with Crippen LogP contribution in [0, 0.1) is 6.20 Å². The van der Waals surface area contributed by atoms with Crippen molar-refractivity contribution in [2.45, 2.75) is 0 Å². The van der Waals surface area contributed by atoms with E-state index in [1.807, 2.05) is 0 Å².